The van der Waals surface area contributed by atoms with E-state index in [2.05, 4.69) is 0 Å². The molecular formula is C23H23ClN2O4. The van der Waals surface area contributed by atoms with Crippen LogP contribution >= 0.6 is 11.6 Å². The van der Waals surface area contributed by atoms with E-state index in [4.69, 9.17) is 16.3 Å². The number of benzene rings is 2. The standard InChI is InChI=1S/C23H23ClN2O4/c1-14(27)17-7-10-20-19(13-17)21(23(29)26(20)15(2)28)22(24)16-5-8-18(9-6-16)30-12-11-25(3)4/h5-10,13H,11-12H2,1-4H3/b22-21-. The van der Waals surface area contributed by atoms with Crippen molar-refractivity contribution in [2.45, 2.75) is 13.8 Å². The van der Waals surface area contributed by atoms with Crippen LogP contribution < -0.4 is 9.64 Å². The molecule has 0 bridgehead atoms. The summed E-state index contributed by atoms with van der Waals surface area (Å²) in [6, 6.07) is 11.9. The third kappa shape index (κ3) is 4.30. The van der Waals surface area contributed by atoms with Crippen molar-refractivity contribution in [1.82, 2.24) is 4.90 Å². The van der Waals surface area contributed by atoms with Crippen LogP contribution in [0.2, 0.25) is 0 Å². The minimum Gasteiger partial charge on any atom is -0.492 e. The Hall–Kier alpha value is -2.96. The van der Waals surface area contributed by atoms with E-state index < -0.39 is 11.8 Å². The van der Waals surface area contributed by atoms with E-state index in [1.807, 2.05) is 19.0 Å². The summed E-state index contributed by atoms with van der Waals surface area (Å²) in [5, 5.41) is 0.213. The molecule has 7 heteroatoms. The number of Topliss-reactive ketones (excluding diaryl/α,β-unsaturated/α-hetero) is 1. The Morgan fingerprint density at radius 3 is 2.23 bits per heavy atom. The molecule has 1 heterocycles. The number of carbonyl (C=O) groups excluding carboxylic acids is 3. The topological polar surface area (TPSA) is 66.9 Å². The number of amides is 2. The van der Waals surface area contributed by atoms with Crippen molar-refractivity contribution in [1.29, 1.82) is 0 Å². The largest absolute Gasteiger partial charge is 0.492 e. The lowest BCUT2D eigenvalue weighted by Crippen LogP contribution is -2.31. The lowest BCUT2D eigenvalue weighted by molar-refractivity contribution is -0.122. The Kier molecular flexibility index (Phi) is 6.39. The quantitative estimate of drug-likeness (QED) is 0.518. The first-order valence-corrected chi connectivity index (χ1v) is 9.86. The monoisotopic (exact) mass is 426 g/mol. The van der Waals surface area contributed by atoms with Crippen LogP contribution in [0.1, 0.15) is 35.3 Å². The molecule has 0 aromatic heterocycles. The number of ether oxygens (including phenoxy) is 1. The van der Waals surface area contributed by atoms with Crippen molar-refractivity contribution in [2.75, 3.05) is 32.1 Å². The maximum atomic E-state index is 13.0. The summed E-state index contributed by atoms with van der Waals surface area (Å²) in [6.07, 6.45) is 0. The summed E-state index contributed by atoms with van der Waals surface area (Å²) >= 11 is 6.62. The molecule has 156 valence electrons. The van der Waals surface area contributed by atoms with E-state index in [1.165, 1.54) is 13.8 Å². The van der Waals surface area contributed by atoms with Crippen LogP contribution in [-0.4, -0.2) is 49.7 Å². The van der Waals surface area contributed by atoms with Gasteiger partial charge in [-0.15, -0.1) is 0 Å². The molecule has 6 nitrogen and oxygen atoms in total. The number of likely N-dealkylation sites (N-methyl/N-ethyl adjacent to an activating group) is 1. The number of anilines is 1. The molecule has 1 aliphatic heterocycles. The molecule has 2 aromatic carbocycles. The van der Waals surface area contributed by atoms with Gasteiger partial charge in [-0.1, -0.05) is 11.6 Å². The average Bonchev–Trinajstić information content (AvgIpc) is 2.98. The summed E-state index contributed by atoms with van der Waals surface area (Å²) in [7, 11) is 3.94. The normalized spacial score (nSPS) is 14.7. The molecule has 0 aliphatic carbocycles. The molecule has 0 saturated heterocycles. The first-order chi connectivity index (χ1) is 14.2. The van der Waals surface area contributed by atoms with Crippen molar-refractivity contribution in [3.05, 3.63) is 59.2 Å². The van der Waals surface area contributed by atoms with Gasteiger partial charge in [0.25, 0.3) is 5.91 Å². The summed E-state index contributed by atoms with van der Waals surface area (Å²) in [5.74, 6) is -0.367. The van der Waals surface area contributed by atoms with Gasteiger partial charge in [-0.05, 0) is 69.0 Å². The van der Waals surface area contributed by atoms with Crippen LogP contribution in [-0.2, 0) is 9.59 Å². The van der Waals surface area contributed by atoms with Crippen LogP contribution in [0, 0.1) is 0 Å². The number of fused-ring (bicyclic) bond motifs is 1. The smallest absolute Gasteiger partial charge is 0.267 e. The van der Waals surface area contributed by atoms with Crippen LogP contribution in [0.5, 0.6) is 5.75 Å². The molecule has 3 rings (SSSR count). The maximum Gasteiger partial charge on any atom is 0.267 e. The first kappa shape index (κ1) is 21.7. The SMILES string of the molecule is CC(=O)c1ccc2c(c1)/C(=C(/Cl)c1ccc(OCCN(C)C)cc1)C(=O)N2C(C)=O. The van der Waals surface area contributed by atoms with Crippen molar-refractivity contribution in [2.24, 2.45) is 0 Å². The third-order valence-electron chi connectivity index (χ3n) is 4.78. The fourth-order valence-electron chi connectivity index (χ4n) is 3.20. The predicted octanol–water partition coefficient (Wildman–Crippen LogP) is 3.83. The Morgan fingerprint density at radius 1 is 1.03 bits per heavy atom. The summed E-state index contributed by atoms with van der Waals surface area (Å²) in [5.41, 5.74) is 2.16. The molecule has 0 spiro atoms. The van der Waals surface area contributed by atoms with Gasteiger partial charge in [-0.3, -0.25) is 14.4 Å². The van der Waals surface area contributed by atoms with Crippen molar-refractivity contribution < 1.29 is 19.1 Å². The molecule has 1 aliphatic rings. The van der Waals surface area contributed by atoms with Crippen molar-refractivity contribution in [3.8, 4) is 5.75 Å². The molecule has 0 N–H and O–H groups in total. The van der Waals surface area contributed by atoms with E-state index in [0.717, 1.165) is 11.4 Å². The van der Waals surface area contributed by atoms with Gasteiger partial charge >= 0.3 is 0 Å². The molecule has 0 saturated carbocycles. The minimum atomic E-state index is -0.505. The summed E-state index contributed by atoms with van der Waals surface area (Å²) in [6.45, 7) is 4.10. The third-order valence-corrected chi connectivity index (χ3v) is 5.19. The fourth-order valence-corrected chi connectivity index (χ4v) is 3.51. The van der Waals surface area contributed by atoms with E-state index in [0.29, 0.717) is 34.7 Å². The number of hydrogen-bond acceptors (Lipinski definition) is 5. The van der Waals surface area contributed by atoms with Crippen LogP contribution in [0.15, 0.2) is 42.5 Å². The highest BCUT2D eigenvalue weighted by Crippen LogP contribution is 2.43. The van der Waals surface area contributed by atoms with E-state index in [9.17, 15) is 14.4 Å². The molecule has 0 unspecified atom stereocenters. The van der Waals surface area contributed by atoms with Gasteiger partial charge < -0.3 is 9.64 Å². The molecule has 0 radical (unpaired) electrons. The lowest BCUT2D eigenvalue weighted by Gasteiger charge is -2.12. The zero-order valence-corrected chi connectivity index (χ0v) is 18.1. The first-order valence-electron chi connectivity index (χ1n) is 9.49. The molecule has 0 fully saturated rings. The second-order valence-electron chi connectivity index (χ2n) is 7.31. The van der Waals surface area contributed by atoms with Gasteiger partial charge in [0.2, 0.25) is 5.91 Å². The second-order valence-corrected chi connectivity index (χ2v) is 7.69. The van der Waals surface area contributed by atoms with Gasteiger partial charge in [-0.25, -0.2) is 4.90 Å². The highest BCUT2D eigenvalue weighted by molar-refractivity contribution is 6.60. The average molecular weight is 427 g/mol. The summed E-state index contributed by atoms with van der Waals surface area (Å²) < 4.78 is 5.69. The van der Waals surface area contributed by atoms with Crippen LogP contribution in [0.4, 0.5) is 5.69 Å². The molecule has 0 atom stereocenters. The number of nitrogens with zero attached hydrogens (tertiary/aromatic N) is 2. The Morgan fingerprint density at radius 2 is 1.67 bits per heavy atom. The number of carbonyl (C=O) groups is 3. The van der Waals surface area contributed by atoms with Crippen molar-refractivity contribution >= 4 is 45.5 Å². The van der Waals surface area contributed by atoms with Crippen LogP contribution in [0.3, 0.4) is 0 Å². The maximum absolute atomic E-state index is 13.0. The summed E-state index contributed by atoms with van der Waals surface area (Å²) in [4.78, 5) is 40.0. The predicted molar refractivity (Wildman–Crippen MR) is 118 cm³/mol. The number of hydrogen-bond donors (Lipinski definition) is 0. The Bertz CT molecular complexity index is 1040. The van der Waals surface area contributed by atoms with E-state index in [1.54, 1.807) is 42.5 Å². The van der Waals surface area contributed by atoms with Crippen molar-refractivity contribution in [3.63, 3.8) is 0 Å². The molecule has 2 amide bonds. The Balaban J connectivity index is 2.00. The highest BCUT2D eigenvalue weighted by Gasteiger charge is 2.37. The van der Waals surface area contributed by atoms with E-state index in [-0.39, 0.29) is 16.4 Å². The van der Waals surface area contributed by atoms with Gasteiger partial charge in [0.05, 0.1) is 16.3 Å². The van der Waals surface area contributed by atoms with Gasteiger partial charge in [0.15, 0.2) is 5.78 Å². The van der Waals surface area contributed by atoms with Gasteiger partial charge in [0, 0.05) is 24.6 Å². The number of imide groups is 1. The zero-order chi connectivity index (χ0) is 22.0. The van der Waals surface area contributed by atoms with Gasteiger partial charge in [0.1, 0.15) is 12.4 Å². The zero-order valence-electron chi connectivity index (χ0n) is 17.4. The lowest BCUT2D eigenvalue weighted by atomic mass is 10.00. The van der Waals surface area contributed by atoms with Crippen LogP contribution in [0.25, 0.3) is 10.6 Å². The minimum absolute atomic E-state index is 0.138. The number of ketones is 1. The van der Waals surface area contributed by atoms with E-state index >= 15 is 0 Å². The fraction of sp³-hybridized carbons (Fsp3) is 0.261. The highest BCUT2D eigenvalue weighted by atomic mass is 35.5. The van der Waals surface area contributed by atoms with Gasteiger partial charge in [-0.2, -0.15) is 0 Å². The Labute approximate surface area is 180 Å². The number of halogens is 1. The number of rotatable bonds is 6. The molecular weight excluding hydrogens is 404 g/mol. The molecule has 2 aromatic rings. The molecule has 30 heavy (non-hydrogen) atoms. The second kappa shape index (κ2) is 8.81.